The van der Waals surface area contributed by atoms with E-state index in [-0.39, 0.29) is 17.6 Å². The summed E-state index contributed by atoms with van der Waals surface area (Å²) in [5.41, 5.74) is 1.89. The number of amides is 1. The number of amidine groups is 1. The van der Waals surface area contributed by atoms with E-state index in [1.165, 1.54) is 22.7 Å². The first-order valence-corrected chi connectivity index (χ1v) is 11.5. The molecule has 0 atom stereocenters. The summed E-state index contributed by atoms with van der Waals surface area (Å²) < 4.78 is 11.5. The number of likely N-dealkylation sites (N-methyl/N-ethyl adjacent to an activating group) is 1. The summed E-state index contributed by atoms with van der Waals surface area (Å²) in [6.07, 6.45) is 1.65. The molecule has 33 heavy (non-hydrogen) atoms. The van der Waals surface area contributed by atoms with Gasteiger partial charge in [-0.25, -0.2) is 9.79 Å². The first-order valence-electron chi connectivity index (χ1n) is 10.3. The molecule has 0 bridgehead atoms. The Balaban J connectivity index is 1.97. The molecule has 0 aromatic heterocycles. The molecule has 1 fully saturated rings. The maximum Gasteiger partial charge on any atom is 0.336 e. The van der Waals surface area contributed by atoms with Crippen LogP contribution in [-0.2, 0) is 4.79 Å². The van der Waals surface area contributed by atoms with E-state index in [1.54, 1.807) is 44.3 Å². The van der Waals surface area contributed by atoms with Gasteiger partial charge in [0.15, 0.2) is 16.7 Å². The van der Waals surface area contributed by atoms with Gasteiger partial charge in [0.05, 0.1) is 33.9 Å². The van der Waals surface area contributed by atoms with Crippen molar-refractivity contribution in [1.29, 1.82) is 0 Å². The van der Waals surface area contributed by atoms with Crippen LogP contribution >= 0.6 is 23.4 Å². The number of carboxylic acids is 1. The Morgan fingerprint density at radius 3 is 2.70 bits per heavy atom. The van der Waals surface area contributed by atoms with E-state index in [2.05, 4.69) is 4.99 Å². The van der Waals surface area contributed by atoms with Crippen molar-refractivity contribution in [3.05, 3.63) is 56.9 Å². The van der Waals surface area contributed by atoms with E-state index in [0.29, 0.717) is 50.0 Å². The number of aromatic carboxylic acids is 1. The maximum atomic E-state index is 12.9. The number of thioether (sulfide) groups is 1. The second-order valence-electron chi connectivity index (χ2n) is 7.55. The number of ether oxygens (including phenoxy) is 2. The molecule has 2 aromatic carbocycles. The van der Waals surface area contributed by atoms with Crippen molar-refractivity contribution in [2.45, 2.75) is 33.8 Å². The van der Waals surface area contributed by atoms with Gasteiger partial charge < -0.3 is 14.6 Å². The number of carbonyl (C=O) groups excluding carboxylic acids is 1. The molecular weight excluding hydrogens is 464 g/mol. The van der Waals surface area contributed by atoms with E-state index in [9.17, 15) is 14.7 Å². The fourth-order valence-electron chi connectivity index (χ4n) is 3.17. The molecule has 1 heterocycles. The zero-order valence-corrected chi connectivity index (χ0v) is 20.6. The van der Waals surface area contributed by atoms with Crippen molar-refractivity contribution < 1.29 is 24.2 Å². The topological polar surface area (TPSA) is 88.4 Å². The SMILES string of the molecule is CCOc1cc(/C=C2\SC(=Nc3cccc(C(=O)O)c3C)N(C)C2=O)cc(Cl)c1OC(C)C. The number of hydrogen-bond acceptors (Lipinski definition) is 6. The molecule has 0 radical (unpaired) electrons. The van der Waals surface area contributed by atoms with Gasteiger partial charge in [-0.2, -0.15) is 0 Å². The van der Waals surface area contributed by atoms with Crippen molar-refractivity contribution in [2.24, 2.45) is 4.99 Å². The zero-order chi connectivity index (χ0) is 24.3. The Bertz CT molecular complexity index is 1160. The minimum Gasteiger partial charge on any atom is -0.490 e. The number of aliphatic imine (C=N–C) groups is 1. The second kappa shape index (κ2) is 10.3. The highest BCUT2D eigenvalue weighted by Gasteiger charge is 2.31. The van der Waals surface area contributed by atoms with E-state index >= 15 is 0 Å². The Labute approximate surface area is 202 Å². The third kappa shape index (κ3) is 5.51. The van der Waals surface area contributed by atoms with Crippen molar-refractivity contribution in [2.75, 3.05) is 13.7 Å². The van der Waals surface area contributed by atoms with E-state index in [4.69, 9.17) is 21.1 Å². The Morgan fingerprint density at radius 1 is 1.33 bits per heavy atom. The molecule has 174 valence electrons. The number of rotatable bonds is 7. The molecule has 3 rings (SSSR count). The largest absolute Gasteiger partial charge is 0.490 e. The van der Waals surface area contributed by atoms with Crippen LogP contribution in [0.4, 0.5) is 5.69 Å². The van der Waals surface area contributed by atoms with Crippen LogP contribution in [0, 0.1) is 6.92 Å². The van der Waals surface area contributed by atoms with Crippen LogP contribution in [0.1, 0.15) is 42.3 Å². The molecule has 7 nitrogen and oxygen atoms in total. The van der Waals surface area contributed by atoms with Crippen LogP contribution in [0.5, 0.6) is 11.5 Å². The molecule has 0 spiro atoms. The van der Waals surface area contributed by atoms with Crippen molar-refractivity contribution in [3.63, 3.8) is 0 Å². The molecule has 9 heteroatoms. The van der Waals surface area contributed by atoms with E-state index in [0.717, 1.165) is 0 Å². The van der Waals surface area contributed by atoms with Gasteiger partial charge in [-0.3, -0.25) is 9.69 Å². The maximum absolute atomic E-state index is 12.9. The molecule has 2 aromatic rings. The fourth-order valence-corrected chi connectivity index (χ4v) is 4.41. The lowest BCUT2D eigenvalue weighted by atomic mass is 10.1. The minimum atomic E-state index is -1.02. The first-order chi connectivity index (χ1) is 15.6. The quantitative estimate of drug-likeness (QED) is 0.498. The summed E-state index contributed by atoms with van der Waals surface area (Å²) >= 11 is 7.65. The number of carbonyl (C=O) groups is 2. The summed E-state index contributed by atoms with van der Waals surface area (Å²) in [5.74, 6) is -0.272. The highest BCUT2D eigenvalue weighted by molar-refractivity contribution is 8.18. The number of hydrogen-bond donors (Lipinski definition) is 1. The van der Waals surface area contributed by atoms with Crippen LogP contribution < -0.4 is 9.47 Å². The van der Waals surface area contributed by atoms with Crippen molar-refractivity contribution in [3.8, 4) is 11.5 Å². The fraction of sp³-hybridized carbons (Fsp3) is 0.292. The molecule has 1 saturated heterocycles. The van der Waals surface area contributed by atoms with Crippen LogP contribution in [0.3, 0.4) is 0 Å². The van der Waals surface area contributed by atoms with Gasteiger partial charge in [0, 0.05) is 7.05 Å². The number of benzene rings is 2. The Hall–Kier alpha value is -2.97. The summed E-state index contributed by atoms with van der Waals surface area (Å²) in [7, 11) is 1.63. The summed E-state index contributed by atoms with van der Waals surface area (Å²) in [5, 5.41) is 10.2. The molecule has 1 aliphatic rings. The van der Waals surface area contributed by atoms with Gasteiger partial charge >= 0.3 is 5.97 Å². The van der Waals surface area contributed by atoms with Crippen molar-refractivity contribution in [1.82, 2.24) is 4.90 Å². The van der Waals surface area contributed by atoms with Crippen molar-refractivity contribution >= 4 is 52.2 Å². The number of nitrogens with zero attached hydrogens (tertiary/aromatic N) is 2. The predicted octanol–water partition coefficient (Wildman–Crippen LogP) is 5.77. The average molecular weight is 489 g/mol. The lowest BCUT2D eigenvalue weighted by Gasteiger charge is -2.16. The molecule has 1 amide bonds. The van der Waals surface area contributed by atoms with E-state index in [1.807, 2.05) is 20.8 Å². The van der Waals surface area contributed by atoms with Crippen LogP contribution in [0.25, 0.3) is 6.08 Å². The molecule has 1 aliphatic heterocycles. The number of carboxylic acid groups (broad SMARTS) is 1. The highest BCUT2D eigenvalue weighted by Crippen LogP contribution is 2.40. The smallest absolute Gasteiger partial charge is 0.336 e. The van der Waals surface area contributed by atoms with Gasteiger partial charge in [-0.15, -0.1) is 0 Å². The Kier molecular flexibility index (Phi) is 7.71. The molecule has 1 N–H and O–H groups in total. The van der Waals surface area contributed by atoms with E-state index < -0.39 is 5.97 Å². The van der Waals surface area contributed by atoms with Crippen LogP contribution in [0.2, 0.25) is 5.02 Å². The molecule has 0 unspecified atom stereocenters. The minimum absolute atomic E-state index is 0.0756. The van der Waals surface area contributed by atoms with Gasteiger partial charge in [-0.1, -0.05) is 17.7 Å². The highest BCUT2D eigenvalue weighted by atomic mass is 35.5. The number of halogens is 1. The Morgan fingerprint density at radius 2 is 2.06 bits per heavy atom. The molecule has 0 saturated carbocycles. The summed E-state index contributed by atoms with van der Waals surface area (Å²) in [4.78, 5) is 30.7. The summed E-state index contributed by atoms with van der Waals surface area (Å²) in [6.45, 7) is 7.81. The first kappa shape index (κ1) is 24.7. The predicted molar refractivity (Wildman–Crippen MR) is 132 cm³/mol. The average Bonchev–Trinajstić information content (AvgIpc) is 2.99. The molecule has 0 aliphatic carbocycles. The second-order valence-corrected chi connectivity index (χ2v) is 8.97. The van der Waals surface area contributed by atoms with Crippen LogP contribution in [0.15, 0.2) is 40.2 Å². The molecular formula is C24H25ClN2O5S. The summed E-state index contributed by atoms with van der Waals surface area (Å²) in [6, 6.07) is 8.38. The zero-order valence-electron chi connectivity index (χ0n) is 19.0. The lowest BCUT2D eigenvalue weighted by Crippen LogP contribution is -2.23. The lowest BCUT2D eigenvalue weighted by molar-refractivity contribution is -0.121. The third-order valence-electron chi connectivity index (χ3n) is 4.74. The van der Waals surface area contributed by atoms with Gasteiger partial charge in [0.2, 0.25) is 0 Å². The van der Waals surface area contributed by atoms with Gasteiger partial charge in [-0.05, 0) is 80.9 Å². The van der Waals surface area contributed by atoms with Gasteiger partial charge in [0.1, 0.15) is 0 Å². The standard InChI is InChI=1S/C24H25ClN2O5S/c1-6-31-19-11-15(10-17(25)21(19)32-13(2)3)12-20-22(28)27(5)24(33-20)26-18-9-7-8-16(14(18)4)23(29)30/h7-13H,6H2,1-5H3,(H,29,30)/b20-12-,26-24?. The third-order valence-corrected chi connectivity index (χ3v) is 6.08. The van der Waals surface area contributed by atoms with Gasteiger partial charge in [0.25, 0.3) is 5.91 Å². The normalized spacial score (nSPS) is 16.2. The van der Waals surface area contributed by atoms with Crippen LogP contribution in [-0.4, -0.2) is 46.8 Å². The monoisotopic (exact) mass is 488 g/mol.